The van der Waals surface area contributed by atoms with Gasteiger partial charge in [0.2, 0.25) is 5.88 Å². The molecule has 208 valence electrons. The minimum atomic E-state index is -3.68. The van der Waals surface area contributed by atoms with Crippen LogP contribution in [-0.2, 0) is 21.6 Å². The summed E-state index contributed by atoms with van der Waals surface area (Å²) in [5, 5.41) is 8.79. The smallest absolute Gasteiger partial charge is 0.261 e. The fourth-order valence-corrected chi connectivity index (χ4v) is 6.61. The van der Waals surface area contributed by atoms with E-state index < -0.39 is 9.84 Å². The molecule has 40 heavy (non-hydrogen) atoms. The Morgan fingerprint density at radius 3 is 2.42 bits per heavy atom. The molecule has 1 aliphatic heterocycles. The maximum absolute atomic E-state index is 13.2. The SMILES string of the molecule is COc1nnn(C)c1-c1cnc2c3c(OC)ncc(S(C)(=O)=O)c3n([C@H](c3ccccc3)C3CCOCC3)c2c1. The largest absolute Gasteiger partial charge is 0.480 e. The number of aromatic nitrogens is 6. The molecular weight excluding hydrogens is 532 g/mol. The normalized spacial score (nSPS) is 15.5. The van der Waals surface area contributed by atoms with Crippen molar-refractivity contribution in [3.8, 4) is 23.0 Å². The Bertz CT molecular complexity index is 1810. The molecule has 0 N–H and O–H groups in total. The van der Waals surface area contributed by atoms with Crippen LogP contribution < -0.4 is 9.47 Å². The molecule has 5 aromatic rings. The van der Waals surface area contributed by atoms with Gasteiger partial charge in [0.15, 0.2) is 9.84 Å². The van der Waals surface area contributed by atoms with Crippen LogP contribution in [0.25, 0.3) is 33.2 Å². The summed E-state index contributed by atoms with van der Waals surface area (Å²) >= 11 is 0. The van der Waals surface area contributed by atoms with Crippen molar-refractivity contribution in [2.24, 2.45) is 13.0 Å². The zero-order valence-corrected chi connectivity index (χ0v) is 23.6. The zero-order valence-electron chi connectivity index (χ0n) is 22.7. The van der Waals surface area contributed by atoms with E-state index in [9.17, 15) is 8.42 Å². The number of fused-ring (bicyclic) bond motifs is 3. The van der Waals surface area contributed by atoms with Crippen LogP contribution >= 0.6 is 0 Å². The summed E-state index contributed by atoms with van der Waals surface area (Å²) in [4.78, 5) is 9.39. The molecule has 1 atom stereocenters. The van der Waals surface area contributed by atoms with E-state index in [4.69, 9.17) is 19.2 Å². The van der Waals surface area contributed by atoms with Crippen molar-refractivity contribution in [2.75, 3.05) is 33.7 Å². The van der Waals surface area contributed by atoms with Crippen molar-refractivity contribution in [3.63, 3.8) is 0 Å². The molecular formula is C28H30N6O5S. The Balaban J connectivity index is 1.78. The van der Waals surface area contributed by atoms with Gasteiger partial charge in [-0.05, 0) is 30.4 Å². The van der Waals surface area contributed by atoms with Crippen molar-refractivity contribution in [2.45, 2.75) is 23.8 Å². The number of aryl methyl sites for hydroxylation is 1. The fourth-order valence-electron chi connectivity index (χ4n) is 5.81. The number of ether oxygens (including phenoxy) is 3. The molecule has 1 aliphatic rings. The lowest BCUT2D eigenvalue weighted by atomic mass is 9.86. The van der Waals surface area contributed by atoms with E-state index in [0.29, 0.717) is 47.1 Å². The topological polar surface area (TPSA) is 123 Å². The van der Waals surface area contributed by atoms with Gasteiger partial charge in [0.1, 0.15) is 16.1 Å². The van der Waals surface area contributed by atoms with E-state index in [1.165, 1.54) is 19.6 Å². The van der Waals surface area contributed by atoms with Crippen molar-refractivity contribution >= 4 is 31.8 Å². The van der Waals surface area contributed by atoms with Crippen molar-refractivity contribution in [1.29, 1.82) is 0 Å². The van der Waals surface area contributed by atoms with Gasteiger partial charge in [-0.15, -0.1) is 0 Å². The summed E-state index contributed by atoms with van der Waals surface area (Å²) in [7, 11) is 1.18. The third-order valence-corrected chi connectivity index (χ3v) is 8.67. The molecule has 6 rings (SSSR count). The Hall–Kier alpha value is -4.03. The van der Waals surface area contributed by atoms with E-state index >= 15 is 0 Å². The minimum Gasteiger partial charge on any atom is -0.480 e. The Kier molecular flexibility index (Phi) is 6.67. The molecule has 0 radical (unpaired) electrons. The zero-order chi connectivity index (χ0) is 28.0. The van der Waals surface area contributed by atoms with Gasteiger partial charge in [-0.25, -0.2) is 18.1 Å². The van der Waals surface area contributed by atoms with Crippen LogP contribution in [0.3, 0.4) is 0 Å². The number of methoxy groups -OCH3 is 2. The summed E-state index contributed by atoms with van der Waals surface area (Å²) in [5.41, 5.74) is 4.30. The van der Waals surface area contributed by atoms with Gasteiger partial charge in [0, 0.05) is 38.3 Å². The molecule has 5 heterocycles. The lowest BCUT2D eigenvalue weighted by Crippen LogP contribution is -2.27. The molecule has 0 spiro atoms. The van der Waals surface area contributed by atoms with Gasteiger partial charge in [0.25, 0.3) is 5.88 Å². The highest BCUT2D eigenvalue weighted by Crippen LogP contribution is 2.45. The van der Waals surface area contributed by atoms with Crippen LogP contribution in [-0.4, -0.2) is 71.6 Å². The van der Waals surface area contributed by atoms with Gasteiger partial charge < -0.3 is 18.8 Å². The Morgan fingerprint density at radius 1 is 1.02 bits per heavy atom. The molecule has 11 nitrogen and oxygen atoms in total. The maximum Gasteiger partial charge on any atom is 0.261 e. The quantitative estimate of drug-likeness (QED) is 0.291. The van der Waals surface area contributed by atoms with Crippen molar-refractivity contribution in [1.82, 2.24) is 29.5 Å². The summed E-state index contributed by atoms with van der Waals surface area (Å²) in [6.45, 7) is 1.27. The van der Waals surface area contributed by atoms with E-state index in [0.717, 1.165) is 29.5 Å². The third-order valence-electron chi connectivity index (χ3n) is 7.58. The van der Waals surface area contributed by atoms with Crippen LogP contribution in [0.4, 0.5) is 0 Å². The average molecular weight is 563 g/mol. The second kappa shape index (κ2) is 10.2. The Morgan fingerprint density at radius 2 is 1.75 bits per heavy atom. The Labute approximate surface area is 231 Å². The van der Waals surface area contributed by atoms with Crippen LogP contribution in [0.2, 0.25) is 0 Å². The first-order chi connectivity index (χ1) is 19.3. The van der Waals surface area contributed by atoms with Crippen LogP contribution in [0, 0.1) is 5.92 Å². The minimum absolute atomic E-state index is 0.121. The summed E-state index contributed by atoms with van der Waals surface area (Å²) in [6.07, 6.45) is 5.95. The molecule has 0 unspecified atom stereocenters. The third kappa shape index (κ3) is 4.27. The van der Waals surface area contributed by atoms with Crippen LogP contribution in [0.1, 0.15) is 24.4 Å². The summed E-state index contributed by atoms with van der Waals surface area (Å²) < 4.78 is 47.1. The molecule has 0 amide bonds. The standard InChI is InChI=1S/C28H30N6O5S/c1-33-25(28(38-3)31-32-33)19-14-20-23(29-15-19)22-26(21(40(4,35)36)16-30-27(22)37-2)34(20)24(17-8-6-5-7-9-17)18-10-12-39-13-11-18/h5-9,14-16,18,24H,10-13H2,1-4H3/t24-/m1/s1. The lowest BCUT2D eigenvalue weighted by molar-refractivity contribution is 0.0552. The molecule has 1 saturated heterocycles. The molecule has 12 heteroatoms. The fraction of sp³-hybridized carbons (Fsp3) is 0.357. The number of pyridine rings is 2. The molecule has 4 aromatic heterocycles. The van der Waals surface area contributed by atoms with Crippen molar-refractivity contribution in [3.05, 3.63) is 54.4 Å². The number of nitrogens with zero attached hydrogens (tertiary/aromatic N) is 6. The predicted octanol–water partition coefficient (Wildman–Crippen LogP) is 3.82. The highest BCUT2D eigenvalue weighted by Gasteiger charge is 2.33. The second-order valence-electron chi connectivity index (χ2n) is 9.97. The summed E-state index contributed by atoms with van der Waals surface area (Å²) in [5.74, 6) is 0.856. The number of hydrogen-bond acceptors (Lipinski definition) is 9. The average Bonchev–Trinajstić information content (AvgIpc) is 3.51. The summed E-state index contributed by atoms with van der Waals surface area (Å²) in [6, 6.07) is 11.9. The van der Waals surface area contributed by atoms with Gasteiger partial charge in [-0.3, -0.25) is 4.98 Å². The number of hydrogen-bond donors (Lipinski definition) is 0. The first-order valence-electron chi connectivity index (χ1n) is 13.0. The second-order valence-corrected chi connectivity index (χ2v) is 11.9. The van der Waals surface area contributed by atoms with E-state index in [1.54, 1.807) is 25.0 Å². The highest BCUT2D eigenvalue weighted by atomic mass is 32.2. The molecule has 1 aromatic carbocycles. The van der Waals surface area contributed by atoms with Crippen molar-refractivity contribution < 1.29 is 22.6 Å². The highest BCUT2D eigenvalue weighted by molar-refractivity contribution is 7.91. The molecule has 0 aliphatic carbocycles. The first kappa shape index (κ1) is 26.2. The maximum atomic E-state index is 13.2. The van der Waals surface area contributed by atoms with Crippen LogP contribution in [0.5, 0.6) is 11.8 Å². The number of rotatable bonds is 7. The lowest BCUT2D eigenvalue weighted by Gasteiger charge is -2.33. The van der Waals surface area contributed by atoms with Gasteiger partial charge in [0.05, 0.1) is 42.9 Å². The monoisotopic (exact) mass is 562 g/mol. The number of sulfone groups is 1. The molecule has 0 bridgehead atoms. The number of benzene rings is 1. The van der Waals surface area contributed by atoms with Gasteiger partial charge in [-0.1, -0.05) is 40.6 Å². The predicted molar refractivity (Wildman–Crippen MR) is 149 cm³/mol. The van der Waals surface area contributed by atoms with E-state index in [1.807, 2.05) is 24.3 Å². The van der Waals surface area contributed by atoms with Gasteiger partial charge in [-0.2, -0.15) is 0 Å². The molecule has 0 saturated carbocycles. The van der Waals surface area contributed by atoms with Gasteiger partial charge >= 0.3 is 0 Å². The van der Waals surface area contributed by atoms with Crippen LogP contribution in [0.15, 0.2) is 53.7 Å². The van der Waals surface area contributed by atoms with E-state index in [-0.39, 0.29) is 16.9 Å². The van der Waals surface area contributed by atoms with E-state index in [2.05, 4.69) is 32.0 Å². The first-order valence-corrected chi connectivity index (χ1v) is 14.9. The molecule has 1 fully saturated rings.